The molecule has 0 saturated carbocycles. The fourth-order valence-electron chi connectivity index (χ4n) is 1.90. The molecule has 1 rings (SSSR count). The largest absolute Gasteiger partial charge is 0.480 e. The van der Waals surface area contributed by atoms with Gasteiger partial charge in [-0.25, -0.2) is 4.79 Å². The Morgan fingerprint density at radius 2 is 2.05 bits per heavy atom. The predicted octanol–water partition coefficient (Wildman–Crippen LogP) is 1.18. The Hall–Kier alpha value is -1.85. The minimum absolute atomic E-state index is 0.104. The van der Waals surface area contributed by atoms with Crippen LogP contribution < -0.4 is 5.32 Å². The standard InChI is InChI=1S/C13H21N3O3/c1-5-7(2)12(13(18)19)14-11(17)6-10-8(3)15-16-9(10)4/h7,12H,5-6H2,1-4H3,(H,14,17)(H,15,16)(H,18,19)/t7?,12-/m0/s1. The van der Waals surface area contributed by atoms with Crippen molar-refractivity contribution in [2.24, 2.45) is 5.92 Å². The fraction of sp³-hybridized carbons (Fsp3) is 0.615. The summed E-state index contributed by atoms with van der Waals surface area (Å²) in [5.41, 5.74) is 2.43. The van der Waals surface area contributed by atoms with E-state index in [1.807, 2.05) is 27.7 Å². The number of aromatic nitrogens is 2. The van der Waals surface area contributed by atoms with E-state index < -0.39 is 12.0 Å². The van der Waals surface area contributed by atoms with Crippen LogP contribution in [-0.4, -0.2) is 33.2 Å². The number of aliphatic carboxylic acids is 1. The summed E-state index contributed by atoms with van der Waals surface area (Å²) < 4.78 is 0. The van der Waals surface area contributed by atoms with E-state index in [1.165, 1.54) is 0 Å². The van der Waals surface area contributed by atoms with E-state index in [9.17, 15) is 9.59 Å². The van der Waals surface area contributed by atoms with Crippen LogP contribution in [0.4, 0.5) is 0 Å². The molecule has 106 valence electrons. The summed E-state index contributed by atoms with van der Waals surface area (Å²) in [5, 5.41) is 18.5. The molecule has 0 radical (unpaired) electrons. The highest BCUT2D eigenvalue weighted by atomic mass is 16.4. The van der Waals surface area contributed by atoms with Crippen molar-refractivity contribution in [1.82, 2.24) is 15.5 Å². The first-order chi connectivity index (χ1) is 8.86. The maximum Gasteiger partial charge on any atom is 0.326 e. The highest BCUT2D eigenvalue weighted by molar-refractivity contribution is 5.85. The molecule has 1 aromatic rings. The molecular formula is C13H21N3O3. The third-order valence-electron chi connectivity index (χ3n) is 3.41. The lowest BCUT2D eigenvalue weighted by atomic mass is 9.99. The van der Waals surface area contributed by atoms with Gasteiger partial charge in [0.1, 0.15) is 6.04 Å². The minimum Gasteiger partial charge on any atom is -0.480 e. The van der Waals surface area contributed by atoms with Crippen molar-refractivity contribution in [3.8, 4) is 0 Å². The third kappa shape index (κ3) is 3.81. The van der Waals surface area contributed by atoms with Gasteiger partial charge in [0.15, 0.2) is 0 Å². The molecule has 0 bridgehead atoms. The summed E-state index contributed by atoms with van der Waals surface area (Å²) in [6.45, 7) is 7.37. The molecule has 0 saturated heterocycles. The van der Waals surface area contributed by atoms with Crippen LogP contribution in [-0.2, 0) is 16.0 Å². The Labute approximate surface area is 112 Å². The molecule has 2 atom stereocenters. The molecule has 0 aliphatic heterocycles. The summed E-state index contributed by atoms with van der Waals surface area (Å²) in [7, 11) is 0. The average Bonchev–Trinajstić information content (AvgIpc) is 2.66. The molecule has 0 fully saturated rings. The second-order valence-corrected chi connectivity index (χ2v) is 4.86. The Kier molecular flexibility index (Phi) is 5.09. The maximum absolute atomic E-state index is 11.9. The molecule has 6 nitrogen and oxygen atoms in total. The first-order valence-corrected chi connectivity index (χ1v) is 6.39. The zero-order valence-corrected chi connectivity index (χ0v) is 11.8. The van der Waals surface area contributed by atoms with Gasteiger partial charge >= 0.3 is 5.97 Å². The molecule has 1 aromatic heterocycles. The lowest BCUT2D eigenvalue weighted by Gasteiger charge is -2.20. The van der Waals surface area contributed by atoms with Crippen LogP contribution in [0.15, 0.2) is 0 Å². The maximum atomic E-state index is 11.9. The highest BCUT2D eigenvalue weighted by Gasteiger charge is 2.25. The van der Waals surface area contributed by atoms with E-state index in [0.29, 0.717) is 6.42 Å². The quantitative estimate of drug-likeness (QED) is 0.721. The van der Waals surface area contributed by atoms with E-state index in [4.69, 9.17) is 5.11 Å². The van der Waals surface area contributed by atoms with Crippen molar-refractivity contribution in [2.75, 3.05) is 0 Å². The summed E-state index contributed by atoms with van der Waals surface area (Å²) >= 11 is 0. The molecule has 0 aliphatic rings. The second kappa shape index (κ2) is 6.36. The first kappa shape index (κ1) is 15.2. The molecule has 1 heterocycles. The number of carbonyl (C=O) groups excluding carboxylic acids is 1. The Bertz CT molecular complexity index is 448. The van der Waals surface area contributed by atoms with Gasteiger partial charge in [-0.2, -0.15) is 5.10 Å². The van der Waals surface area contributed by atoms with Crippen molar-refractivity contribution in [2.45, 2.75) is 46.6 Å². The molecule has 19 heavy (non-hydrogen) atoms. The van der Waals surface area contributed by atoms with Gasteiger partial charge in [-0.15, -0.1) is 0 Å². The molecule has 6 heteroatoms. The molecule has 0 aliphatic carbocycles. The van der Waals surface area contributed by atoms with E-state index in [1.54, 1.807) is 0 Å². The molecule has 3 N–H and O–H groups in total. The predicted molar refractivity (Wildman–Crippen MR) is 70.8 cm³/mol. The molecular weight excluding hydrogens is 246 g/mol. The van der Waals surface area contributed by atoms with Crippen LogP contribution in [0, 0.1) is 19.8 Å². The lowest BCUT2D eigenvalue weighted by Crippen LogP contribution is -2.45. The van der Waals surface area contributed by atoms with Gasteiger partial charge in [-0.1, -0.05) is 20.3 Å². The third-order valence-corrected chi connectivity index (χ3v) is 3.41. The number of rotatable bonds is 6. The molecule has 0 spiro atoms. The van der Waals surface area contributed by atoms with Crippen LogP contribution in [0.25, 0.3) is 0 Å². The van der Waals surface area contributed by atoms with Crippen molar-refractivity contribution in [3.63, 3.8) is 0 Å². The van der Waals surface area contributed by atoms with E-state index in [0.717, 1.165) is 17.0 Å². The van der Waals surface area contributed by atoms with Gasteiger partial charge < -0.3 is 10.4 Å². The monoisotopic (exact) mass is 267 g/mol. The number of carboxylic acids is 1. The topological polar surface area (TPSA) is 95.1 Å². The van der Waals surface area contributed by atoms with Gasteiger partial charge in [-0.05, 0) is 19.8 Å². The average molecular weight is 267 g/mol. The number of H-pyrrole nitrogens is 1. The SMILES string of the molecule is CCC(C)[C@H](NC(=O)Cc1c(C)n[nH]c1C)C(=O)O. The van der Waals surface area contributed by atoms with Crippen molar-refractivity contribution >= 4 is 11.9 Å². The zero-order chi connectivity index (χ0) is 14.6. The second-order valence-electron chi connectivity index (χ2n) is 4.86. The first-order valence-electron chi connectivity index (χ1n) is 6.39. The van der Waals surface area contributed by atoms with Crippen LogP contribution in [0.2, 0.25) is 0 Å². The van der Waals surface area contributed by atoms with Crippen LogP contribution in [0.3, 0.4) is 0 Å². The number of amides is 1. The highest BCUT2D eigenvalue weighted by Crippen LogP contribution is 2.12. The number of hydrogen-bond acceptors (Lipinski definition) is 3. The van der Waals surface area contributed by atoms with Crippen LogP contribution in [0.5, 0.6) is 0 Å². The number of nitrogens with one attached hydrogen (secondary N) is 2. The Balaban J connectivity index is 2.71. The van der Waals surface area contributed by atoms with Gasteiger partial charge in [0, 0.05) is 11.3 Å². The van der Waals surface area contributed by atoms with Crippen molar-refractivity contribution < 1.29 is 14.7 Å². The summed E-state index contributed by atoms with van der Waals surface area (Å²) in [6.07, 6.45) is 0.843. The number of carboxylic acid groups (broad SMARTS) is 1. The van der Waals surface area contributed by atoms with Crippen molar-refractivity contribution in [1.29, 1.82) is 0 Å². The summed E-state index contributed by atoms with van der Waals surface area (Å²) in [6, 6.07) is -0.843. The smallest absolute Gasteiger partial charge is 0.326 e. The van der Waals surface area contributed by atoms with E-state index in [2.05, 4.69) is 15.5 Å². The molecule has 1 unspecified atom stereocenters. The number of hydrogen-bond donors (Lipinski definition) is 3. The molecule has 1 amide bonds. The van der Waals surface area contributed by atoms with Gasteiger partial charge in [0.2, 0.25) is 5.91 Å². The van der Waals surface area contributed by atoms with Crippen LogP contribution in [0.1, 0.15) is 37.2 Å². The van der Waals surface area contributed by atoms with Gasteiger partial charge in [0.05, 0.1) is 12.1 Å². The zero-order valence-electron chi connectivity index (χ0n) is 11.8. The number of aryl methyl sites for hydroxylation is 2. The number of aromatic amines is 1. The normalized spacial score (nSPS) is 13.9. The Morgan fingerprint density at radius 3 is 2.47 bits per heavy atom. The number of carbonyl (C=O) groups is 2. The Morgan fingerprint density at radius 1 is 1.42 bits per heavy atom. The number of nitrogens with zero attached hydrogens (tertiary/aromatic N) is 1. The van der Waals surface area contributed by atoms with Crippen molar-refractivity contribution in [3.05, 3.63) is 17.0 Å². The lowest BCUT2D eigenvalue weighted by molar-refractivity contribution is -0.143. The minimum atomic E-state index is -0.997. The molecule has 0 aromatic carbocycles. The van der Waals surface area contributed by atoms with Gasteiger partial charge in [-0.3, -0.25) is 9.89 Å². The van der Waals surface area contributed by atoms with Gasteiger partial charge in [0.25, 0.3) is 0 Å². The fourth-order valence-corrected chi connectivity index (χ4v) is 1.90. The summed E-state index contributed by atoms with van der Waals surface area (Å²) in [5.74, 6) is -1.39. The summed E-state index contributed by atoms with van der Waals surface area (Å²) in [4.78, 5) is 23.1. The van der Waals surface area contributed by atoms with E-state index >= 15 is 0 Å². The van der Waals surface area contributed by atoms with E-state index in [-0.39, 0.29) is 18.2 Å². The van der Waals surface area contributed by atoms with Crippen LogP contribution >= 0.6 is 0 Å².